The van der Waals surface area contributed by atoms with Gasteiger partial charge >= 0.3 is 5.69 Å². The number of para-hydroxylation sites is 1. The summed E-state index contributed by atoms with van der Waals surface area (Å²) in [5.74, 6) is 0.454. The van der Waals surface area contributed by atoms with Crippen LogP contribution in [0.15, 0.2) is 53.3 Å². The van der Waals surface area contributed by atoms with E-state index in [1.54, 1.807) is 42.5 Å². The number of benzene rings is 2. The molecule has 4 aromatic rings. The van der Waals surface area contributed by atoms with E-state index >= 15 is 0 Å². The van der Waals surface area contributed by atoms with Crippen LogP contribution in [0.4, 0.5) is 0 Å². The van der Waals surface area contributed by atoms with Gasteiger partial charge in [0.2, 0.25) is 0 Å². The molecule has 0 spiro atoms. The summed E-state index contributed by atoms with van der Waals surface area (Å²) in [6.45, 7) is 0. The van der Waals surface area contributed by atoms with Crippen molar-refractivity contribution in [2.75, 3.05) is 14.2 Å². The van der Waals surface area contributed by atoms with E-state index in [1.807, 2.05) is 6.07 Å². The smallest absolute Gasteiger partial charge is 0.332 e. The highest BCUT2D eigenvalue weighted by atomic mass is 16.5. The van der Waals surface area contributed by atoms with Crippen LogP contribution >= 0.6 is 0 Å². The van der Waals surface area contributed by atoms with Crippen LogP contribution in [0.5, 0.6) is 11.5 Å². The SMILES string of the molecule is COc1ccc(-c2nc(C(N)=O)c3[nH]c(=O)n(-c4ccccc4)c3n2)cc1OC. The second-order valence-electron chi connectivity index (χ2n) is 6.13. The number of ether oxygens (including phenoxy) is 2. The molecular weight excluding hydrogens is 374 g/mol. The molecule has 3 N–H and O–H groups in total. The predicted molar refractivity (Wildman–Crippen MR) is 107 cm³/mol. The van der Waals surface area contributed by atoms with E-state index in [-0.39, 0.29) is 22.7 Å². The topological polar surface area (TPSA) is 125 Å². The number of aromatic nitrogens is 4. The third kappa shape index (κ3) is 3.08. The predicted octanol–water partition coefficient (Wildman–Crippen LogP) is 1.89. The van der Waals surface area contributed by atoms with Gasteiger partial charge in [0.05, 0.1) is 19.9 Å². The number of H-pyrrole nitrogens is 1. The summed E-state index contributed by atoms with van der Waals surface area (Å²) in [6.07, 6.45) is 0. The number of nitrogens with one attached hydrogen (secondary N) is 1. The quantitative estimate of drug-likeness (QED) is 0.535. The summed E-state index contributed by atoms with van der Waals surface area (Å²) in [7, 11) is 3.05. The van der Waals surface area contributed by atoms with Crippen LogP contribution in [0, 0.1) is 0 Å². The molecule has 0 aliphatic heterocycles. The Kier molecular flexibility index (Phi) is 4.47. The molecule has 0 aliphatic rings. The van der Waals surface area contributed by atoms with Crippen LogP contribution in [0.3, 0.4) is 0 Å². The first-order valence-corrected chi connectivity index (χ1v) is 8.64. The third-order valence-corrected chi connectivity index (χ3v) is 4.43. The number of methoxy groups -OCH3 is 2. The number of fused-ring (bicyclic) bond motifs is 1. The Morgan fingerprint density at radius 2 is 1.76 bits per heavy atom. The van der Waals surface area contributed by atoms with Gasteiger partial charge in [0.15, 0.2) is 28.7 Å². The molecule has 2 aromatic carbocycles. The van der Waals surface area contributed by atoms with Crippen LogP contribution in [0.25, 0.3) is 28.2 Å². The van der Waals surface area contributed by atoms with Gasteiger partial charge in [-0.1, -0.05) is 18.2 Å². The molecule has 2 heterocycles. The van der Waals surface area contributed by atoms with E-state index in [4.69, 9.17) is 15.2 Å². The van der Waals surface area contributed by atoms with Crippen molar-refractivity contribution in [3.05, 3.63) is 64.7 Å². The van der Waals surface area contributed by atoms with Gasteiger partial charge in [-0.15, -0.1) is 0 Å². The molecule has 0 aliphatic carbocycles. The Morgan fingerprint density at radius 3 is 2.41 bits per heavy atom. The molecule has 0 saturated carbocycles. The number of carbonyl (C=O) groups excluding carboxylic acids is 1. The number of carbonyl (C=O) groups is 1. The van der Waals surface area contributed by atoms with Crippen LogP contribution < -0.4 is 20.9 Å². The molecule has 2 aromatic heterocycles. The fourth-order valence-electron chi connectivity index (χ4n) is 3.08. The number of amides is 1. The van der Waals surface area contributed by atoms with Gasteiger partial charge in [0, 0.05) is 5.56 Å². The average molecular weight is 391 g/mol. The minimum absolute atomic E-state index is 0.0773. The maximum atomic E-state index is 12.6. The van der Waals surface area contributed by atoms with Crippen molar-refractivity contribution in [2.24, 2.45) is 5.73 Å². The first-order valence-electron chi connectivity index (χ1n) is 8.64. The highest BCUT2D eigenvalue weighted by molar-refractivity contribution is 6.02. The van der Waals surface area contributed by atoms with E-state index in [0.29, 0.717) is 22.7 Å². The molecule has 0 bridgehead atoms. The number of hydrogen-bond acceptors (Lipinski definition) is 6. The molecule has 0 saturated heterocycles. The lowest BCUT2D eigenvalue weighted by molar-refractivity contribution is 0.0997. The van der Waals surface area contributed by atoms with Crippen molar-refractivity contribution in [1.82, 2.24) is 19.5 Å². The maximum Gasteiger partial charge on any atom is 0.332 e. The van der Waals surface area contributed by atoms with Gasteiger partial charge in [0.25, 0.3) is 5.91 Å². The number of hydrogen-bond donors (Lipinski definition) is 2. The molecule has 1 amide bonds. The first-order chi connectivity index (χ1) is 14.0. The van der Waals surface area contributed by atoms with Gasteiger partial charge < -0.3 is 20.2 Å². The molecule has 4 rings (SSSR count). The summed E-state index contributed by atoms with van der Waals surface area (Å²) in [5.41, 5.74) is 6.58. The summed E-state index contributed by atoms with van der Waals surface area (Å²) in [6, 6.07) is 14.1. The summed E-state index contributed by atoms with van der Waals surface area (Å²) in [4.78, 5) is 36.1. The molecule has 9 heteroatoms. The first kappa shape index (κ1) is 18.2. The number of imidazole rings is 1. The van der Waals surface area contributed by atoms with Gasteiger partial charge in [0.1, 0.15) is 5.52 Å². The molecule has 146 valence electrons. The summed E-state index contributed by atoms with van der Waals surface area (Å²) < 4.78 is 11.9. The van der Waals surface area contributed by atoms with E-state index in [2.05, 4.69) is 15.0 Å². The maximum absolute atomic E-state index is 12.6. The monoisotopic (exact) mass is 391 g/mol. The third-order valence-electron chi connectivity index (χ3n) is 4.43. The number of primary amides is 1. The molecule has 0 atom stereocenters. The minimum atomic E-state index is -0.777. The van der Waals surface area contributed by atoms with Crippen molar-refractivity contribution in [2.45, 2.75) is 0 Å². The molecule has 0 unspecified atom stereocenters. The molecule has 0 radical (unpaired) electrons. The lowest BCUT2D eigenvalue weighted by Gasteiger charge is -2.10. The summed E-state index contributed by atoms with van der Waals surface area (Å²) in [5, 5.41) is 0. The molecular formula is C20H17N5O4. The Labute approximate surface area is 164 Å². The van der Waals surface area contributed by atoms with Gasteiger partial charge in [-0.3, -0.25) is 4.79 Å². The normalized spacial score (nSPS) is 10.8. The van der Waals surface area contributed by atoms with E-state index < -0.39 is 11.6 Å². The Bertz CT molecular complexity index is 1280. The van der Waals surface area contributed by atoms with Crippen LogP contribution in [0.1, 0.15) is 10.5 Å². The van der Waals surface area contributed by atoms with Crippen molar-refractivity contribution < 1.29 is 14.3 Å². The average Bonchev–Trinajstić information content (AvgIpc) is 3.08. The van der Waals surface area contributed by atoms with Crippen molar-refractivity contribution >= 4 is 17.1 Å². The second-order valence-corrected chi connectivity index (χ2v) is 6.13. The number of rotatable bonds is 5. The standard InChI is InChI=1S/C20H17N5O4/c1-28-13-9-8-11(10-14(13)29-2)18-22-15(17(21)26)16-19(24-18)25(20(27)23-16)12-6-4-3-5-7-12/h3-10H,1-2H3,(H2,21,26)(H,23,27). The number of nitrogens with two attached hydrogens (primary N) is 1. The number of nitrogens with zero attached hydrogens (tertiary/aromatic N) is 3. The van der Waals surface area contributed by atoms with Crippen LogP contribution in [0.2, 0.25) is 0 Å². The second kappa shape index (κ2) is 7.12. The minimum Gasteiger partial charge on any atom is -0.493 e. The van der Waals surface area contributed by atoms with Crippen molar-refractivity contribution in [3.8, 4) is 28.6 Å². The highest BCUT2D eigenvalue weighted by Gasteiger charge is 2.20. The Hall–Kier alpha value is -4.14. The van der Waals surface area contributed by atoms with Crippen LogP contribution in [-0.4, -0.2) is 39.6 Å². The van der Waals surface area contributed by atoms with Crippen molar-refractivity contribution in [1.29, 1.82) is 0 Å². The summed E-state index contributed by atoms with van der Waals surface area (Å²) >= 11 is 0. The fraction of sp³-hybridized carbons (Fsp3) is 0.100. The Balaban J connectivity index is 2.02. The number of aromatic amines is 1. The Morgan fingerprint density at radius 1 is 1.03 bits per heavy atom. The zero-order chi connectivity index (χ0) is 20.5. The van der Waals surface area contributed by atoms with Gasteiger partial charge in [-0.05, 0) is 30.3 Å². The largest absolute Gasteiger partial charge is 0.493 e. The van der Waals surface area contributed by atoms with Crippen molar-refractivity contribution in [3.63, 3.8) is 0 Å². The lowest BCUT2D eigenvalue weighted by atomic mass is 10.1. The molecule has 29 heavy (non-hydrogen) atoms. The molecule has 0 fully saturated rings. The highest BCUT2D eigenvalue weighted by Crippen LogP contribution is 2.31. The van der Waals surface area contributed by atoms with Gasteiger partial charge in [-0.2, -0.15) is 0 Å². The molecule has 9 nitrogen and oxygen atoms in total. The van der Waals surface area contributed by atoms with E-state index in [9.17, 15) is 9.59 Å². The fourth-order valence-corrected chi connectivity index (χ4v) is 3.08. The lowest BCUT2D eigenvalue weighted by Crippen LogP contribution is -2.15. The zero-order valence-corrected chi connectivity index (χ0v) is 15.7. The van der Waals surface area contributed by atoms with Crippen LogP contribution in [-0.2, 0) is 0 Å². The zero-order valence-electron chi connectivity index (χ0n) is 15.7. The van der Waals surface area contributed by atoms with E-state index in [1.165, 1.54) is 18.8 Å². The van der Waals surface area contributed by atoms with E-state index in [0.717, 1.165) is 0 Å². The van der Waals surface area contributed by atoms with Gasteiger partial charge in [-0.25, -0.2) is 19.3 Å².